The summed E-state index contributed by atoms with van der Waals surface area (Å²) in [5.41, 5.74) is 2.79. The van der Waals surface area contributed by atoms with Crippen LogP contribution in [0.15, 0.2) is 48.5 Å². The van der Waals surface area contributed by atoms with Gasteiger partial charge < -0.3 is 10.4 Å². The molecule has 0 spiro atoms. The summed E-state index contributed by atoms with van der Waals surface area (Å²) in [5.74, 6) is -0.767. The maximum atomic E-state index is 13.1. The molecular formula is C18H16Cl2FNO3. The number of carbonyl (C=O) groups excluding carboxylic acids is 2. The number of nitrogens with one attached hydrogen (secondary N) is 1. The molecule has 0 heterocycles. The molecule has 1 amide bonds. The van der Waals surface area contributed by atoms with Gasteiger partial charge in [-0.1, -0.05) is 71.7 Å². The predicted octanol–water partition coefficient (Wildman–Crippen LogP) is 3.46. The van der Waals surface area contributed by atoms with Crippen LogP contribution in [-0.2, 0) is 4.79 Å². The second-order valence-corrected chi connectivity index (χ2v) is 6.47. The van der Waals surface area contributed by atoms with E-state index in [4.69, 9.17) is 23.2 Å². The van der Waals surface area contributed by atoms with E-state index in [-0.39, 0.29) is 0 Å². The number of amides is 1. The van der Waals surface area contributed by atoms with Crippen molar-refractivity contribution in [2.75, 3.05) is 6.67 Å². The van der Waals surface area contributed by atoms with Crippen molar-refractivity contribution in [3.8, 4) is 11.1 Å². The first-order valence-electron chi connectivity index (χ1n) is 7.44. The zero-order valence-corrected chi connectivity index (χ0v) is 14.5. The van der Waals surface area contributed by atoms with Crippen molar-refractivity contribution in [3.05, 3.63) is 59.7 Å². The van der Waals surface area contributed by atoms with E-state index < -0.39 is 29.6 Å². The number of hydrogen-bond acceptors (Lipinski definition) is 3. The van der Waals surface area contributed by atoms with Crippen molar-refractivity contribution < 1.29 is 19.1 Å². The largest absolute Gasteiger partial charge is 0.386 e. The van der Waals surface area contributed by atoms with Gasteiger partial charge in [-0.05, 0) is 16.7 Å². The molecule has 0 aliphatic heterocycles. The van der Waals surface area contributed by atoms with Crippen LogP contribution in [0.3, 0.4) is 0 Å². The SMILES string of the molecule is O=Cc1ccc(-c2ccc([C@@H](O)[C@@H](CF)NC(=O)C(Cl)Cl)cc2)cc1. The number of rotatable bonds is 7. The molecule has 2 aromatic rings. The van der Waals surface area contributed by atoms with E-state index in [0.717, 1.165) is 17.4 Å². The molecule has 0 radical (unpaired) electrons. The molecule has 0 bridgehead atoms. The van der Waals surface area contributed by atoms with Gasteiger partial charge in [-0.15, -0.1) is 0 Å². The Morgan fingerprint density at radius 1 is 1.08 bits per heavy atom. The van der Waals surface area contributed by atoms with E-state index in [1.54, 1.807) is 48.5 Å². The summed E-state index contributed by atoms with van der Waals surface area (Å²) >= 11 is 10.8. The van der Waals surface area contributed by atoms with Gasteiger partial charge in [0.15, 0.2) is 4.84 Å². The van der Waals surface area contributed by atoms with Gasteiger partial charge in [-0.25, -0.2) is 4.39 Å². The van der Waals surface area contributed by atoms with Crippen LogP contribution >= 0.6 is 23.2 Å². The molecule has 2 N–H and O–H groups in total. The number of alkyl halides is 3. The molecule has 132 valence electrons. The lowest BCUT2D eigenvalue weighted by Crippen LogP contribution is -2.43. The molecule has 0 aliphatic carbocycles. The van der Waals surface area contributed by atoms with E-state index in [1.165, 1.54) is 0 Å². The zero-order chi connectivity index (χ0) is 18.4. The summed E-state index contributed by atoms with van der Waals surface area (Å²) in [7, 11) is 0. The molecule has 2 aromatic carbocycles. The molecule has 0 saturated carbocycles. The number of halogens is 3. The zero-order valence-electron chi connectivity index (χ0n) is 13.0. The molecule has 0 aliphatic rings. The monoisotopic (exact) mass is 383 g/mol. The maximum Gasteiger partial charge on any atom is 0.253 e. The third-order valence-corrected chi connectivity index (χ3v) is 4.10. The van der Waals surface area contributed by atoms with Gasteiger partial charge in [0.25, 0.3) is 5.91 Å². The van der Waals surface area contributed by atoms with Crippen molar-refractivity contribution in [1.29, 1.82) is 0 Å². The van der Waals surface area contributed by atoms with Gasteiger partial charge in [0.05, 0.1) is 6.04 Å². The lowest BCUT2D eigenvalue weighted by Gasteiger charge is -2.22. The highest BCUT2D eigenvalue weighted by Crippen LogP contribution is 2.24. The summed E-state index contributed by atoms with van der Waals surface area (Å²) in [6.07, 6.45) is -0.478. The van der Waals surface area contributed by atoms with Crippen LogP contribution in [-0.4, -0.2) is 34.9 Å². The molecule has 0 aromatic heterocycles. The van der Waals surface area contributed by atoms with Gasteiger partial charge in [0, 0.05) is 5.56 Å². The lowest BCUT2D eigenvalue weighted by atomic mass is 9.98. The van der Waals surface area contributed by atoms with E-state index in [2.05, 4.69) is 5.32 Å². The van der Waals surface area contributed by atoms with Crippen molar-refractivity contribution >= 4 is 35.4 Å². The molecule has 0 saturated heterocycles. The van der Waals surface area contributed by atoms with Crippen molar-refractivity contribution in [2.24, 2.45) is 0 Å². The molecular weight excluding hydrogens is 368 g/mol. The van der Waals surface area contributed by atoms with E-state index in [9.17, 15) is 19.1 Å². The lowest BCUT2D eigenvalue weighted by molar-refractivity contribution is -0.121. The maximum absolute atomic E-state index is 13.1. The summed E-state index contributed by atoms with van der Waals surface area (Å²) < 4.78 is 13.1. The molecule has 2 rings (SSSR count). The Bertz CT molecular complexity index is 720. The summed E-state index contributed by atoms with van der Waals surface area (Å²) in [6.45, 7) is -0.970. The second kappa shape index (κ2) is 8.94. The van der Waals surface area contributed by atoms with Crippen molar-refractivity contribution in [3.63, 3.8) is 0 Å². The fourth-order valence-corrected chi connectivity index (χ4v) is 2.43. The van der Waals surface area contributed by atoms with Gasteiger partial charge in [0.1, 0.15) is 19.1 Å². The van der Waals surface area contributed by atoms with Gasteiger partial charge in [-0.3, -0.25) is 9.59 Å². The highest BCUT2D eigenvalue weighted by molar-refractivity contribution is 6.53. The minimum atomic E-state index is -1.34. The fraction of sp³-hybridized carbons (Fsp3) is 0.222. The predicted molar refractivity (Wildman–Crippen MR) is 95.6 cm³/mol. The number of carbonyl (C=O) groups is 2. The van der Waals surface area contributed by atoms with E-state index >= 15 is 0 Å². The molecule has 0 unspecified atom stereocenters. The molecule has 4 nitrogen and oxygen atoms in total. The average molecular weight is 384 g/mol. The summed E-state index contributed by atoms with van der Waals surface area (Å²) in [4.78, 5) is 20.8. The van der Waals surface area contributed by atoms with Crippen LogP contribution in [0.2, 0.25) is 0 Å². The van der Waals surface area contributed by atoms with Crippen LogP contribution in [0.5, 0.6) is 0 Å². The highest BCUT2D eigenvalue weighted by atomic mass is 35.5. The number of aliphatic hydroxyl groups excluding tert-OH is 1. The molecule has 25 heavy (non-hydrogen) atoms. The van der Waals surface area contributed by atoms with E-state index in [0.29, 0.717) is 11.1 Å². The standard InChI is InChI=1S/C18H16Cl2FNO3/c19-17(20)18(25)22-15(9-21)16(24)14-7-5-13(6-8-14)12-3-1-11(10-23)2-4-12/h1-8,10,15-17,24H,9H2,(H,22,25)/t15-,16-/m1/s1. The topological polar surface area (TPSA) is 66.4 Å². The van der Waals surface area contributed by atoms with Crippen LogP contribution in [0.4, 0.5) is 4.39 Å². The quantitative estimate of drug-likeness (QED) is 0.568. The van der Waals surface area contributed by atoms with Crippen molar-refractivity contribution in [2.45, 2.75) is 17.0 Å². The average Bonchev–Trinajstić information content (AvgIpc) is 2.65. The van der Waals surface area contributed by atoms with Crippen LogP contribution in [0.25, 0.3) is 11.1 Å². The van der Waals surface area contributed by atoms with Crippen LogP contribution in [0, 0.1) is 0 Å². The van der Waals surface area contributed by atoms with Gasteiger partial charge >= 0.3 is 0 Å². The Labute approximate surface area is 154 Å². The van der Waals surface area contributed by atoms with E-state index in [1.807, 2.05) is 0 Å². The minimum absolute atomic E-state index is 0.442. The smallest absolute Gasteiger partial charge is 0.253 e. The van der Waals surface area contributed by atoms with Gasteiger partial charge in [0.2, 0.25) is 0 Å². The Morgan fingerprint density at radius 3 is 2.04 bits per heavy atom. The number of benzene rings is 2. The van der Waals surface area contributed by atoms with Crippen LogP contribution < -0.4 is 5.32 Å². The Kier molecular flexibility index (Phi) is 6.93. The summed E-state index contributed by atoms with van der Waals surface area (Å²) in [6, 6.07) is 12.7. The first kappa shape index (κ1) is 19.4. The van der Waals surface area contributed by atoms with Gasteiger partial charge in [-0.2, -0.15) is 0 Å². The third kappa shape index (κ3) is 5.01. The highest BCUT2D eigenvalue weighted by Gasteiger charge is 2.25. The van der Waals surface area contributed by atoms with Crippen molar-refractivity contribution in [1.82, 2.24) is 5.32 Å². The second-order valence-electron chi connectivity index (χ2n) is 5.38. The first-order valence-corrected chi connectivity index (χ1v) is 8.31. The molecule has 0 fully saturated rings. The van der Waals surface area contributed by atoms with Crippen LogP contribution in [0.1, 0.15) is 22.0 Å². The fourth-order valence-electron chi connectivity index (χ4n) is 2.31. The number of aldehydes is 1. The first-order chi connectivity index (χ1) is 12.0. The minimum Gasteiger partial charge on any atom is -0.386 e. The molecule has 2 atom stereocenters. The Balaban J connectivity index is 2.14. The molecule has 7 heteroatoms. The summed E-state index contributed by atoms with van der Waals surface area (Å²) in [5, 5.41) is 12.5. The Morgan fingerprint density at radius 2 is 1.60 bits per heavy atom. The Hall–Kier alpha value is -1.95. The number of hydrogen-bond donors (Lipinski definition) is 2. The normalized spacial score (nSPS) is 13.3. The third-order valence-electron chi connectivity index (χ3n) is 3.71. The number of aliphatic hydroxyl groups is 1.